The van der Waals surface area contributed by atoms with E-state index >= 15 is 0 Å². The number of aldehydes is 1. The number of halogens is 4. The van der Waals surface area contributed by atoms with Crippen LogP contribution >= 0.6 is 0 Å². The van der Waals surface area contributed by atoms with Gasteiger partial charge in [0.1, 0.15) is 17.6 Å². The number of hydrazine groups is 1. The minimum Gasteiger partial charge on any atom is -0.393 e. The second-order valence-electron chi connectivity index (χ2n) is 6.41. The van der Waals surface area contributed by atoms with E-state index in [2.05, 4.69) is 20.6 Å². The third kappa shape index (κ3) is 7.65. The number of hydrogen-bond donors (Lipinski definition) is 3. The maximum Gasteiger partial charge on any atom is 0.416 e. The Bertz CT molecular complexity index is 931. The number of aromatic nitrogens is 4. The van der Waals surface area contributed by atoms with Crippen molar-refractivity contribution in [3.8, 4) is 0 Å². The van der Waals surface area contributed by atoms with Gasteiger partial charge in [-0.05, 0) is 18.6 Å². The Morgan fingerprint density at radius 3 is 2.77 bits per heavy atom. The second-order valence-corrected chi connectivity index (χ2v) is 6.41. The second kappa shape index (κ2) is 10.5. The summed E-state index contributed by atoms with van der Waals surface area (Å²) in [5.41, 5.74) is 4.46. The van der Waals surface area contributed by atoms with Crippen LogP contribution in [-0.2, 0) is 24.1 Å². The number of alkyl halides is 4. The molecule has 0 aliphatic rings. The normalized spacial score (nSPS) is 13.0. The molecule has 5 N–H and O–H groups in total. The molecule has 1 amide bonds. The van der Waals surface area contributed by atoms with Crippen LogP contribution in [0.4, 0.5) is 17.6 Å². The van der Waals surface area contributed by atoms with E-state index in [1.807, 2.05) is 0 Å². The molecular formula is C17H20F4N8O2. The lowest BCUT2D eigenvalue weighted by Gasteiger charge is -2.16. The van der Waals surface area contributed by atoms with Crippen LogP contribution in [-0.4, -0.2) is 49.9 Å². The summed E-state index contributed by atoms with van der Waals surface area (Å²) in [4.78, 5) is 26.3. The van der Waals surface area contributed by atoms with Crippen molar-refractivity contribution >= 4 is 12.2 Å². The predicted octanol–water partition coefficient (Wildman–Crippen LogP) is 0.525. The molecule has 2 heterocycles. The number of amides is 1. The van der Waals surface area contributed by atoms with E-state index in [0.29, 0.717) is 6.29 Å². The number of hydrogen-bond acceptors (Lipinski definition) is 8. The van der Waals surface area contributed by atoms with Crippen molar-refractivity contribution < 1.29 is 27.2 Å². The summed E-state index contributed by atoms with van der Waals surface area (Å²) in [5, 5.41) is 10.4. The molecule has 0 bridgehead atoms. The fourth-order valence-corrected chi connectivity index (χ4v) is 2.37. The summed E-state index contributed by atoms with van der Waals surface area (Å²) in [7, 11) is 0. The minimum absolute atomic E-state index is 0.000432. The monoisotopic (exact) mass is 444 g/mol. The van der Waals surface area contributed by atoms with Gasteiger partial charge in [-0.25, -0.2) is 14.9 Å². The Balaban J connectivity index is 1.80. The first-order valence-electron chi connectivity index (χ1n) is 8.87. The standard InChI is InChI=1S/C17H20F4N8O2/c18-12(7-29-8-14(10-30)26-27-29)2-4-28(23)9-15(22)16(31)25-6-13-5-11(1-3-24-13)17(19,20)21/h1,3,5,8-10,12H,2,4,6-7,22-23H2,(H,25,31)/b15-9-. The maximum atomic E-state index is 14.0. The molecule has 0 radical (unpaired) electrons. The van der Waals surface area contributed by atoms with Crippen molar-refractivity contribution in [1.82, 2.24) is 30.3 Å². The molecule has 0 saturated heterocycles. The highest BCUT2D eigenvalue weighted by atomic mass is 19.4. The van der Waals surface area contributed by atoms with Crippen molar-refractivity contribution in [3.63, 3.8) is 0 Å². The van der Waals surface area contributed by atoms with Crippen molar-refractivity contribution in [3.05, 3.63) is 53.4 Å². The molecule has 10 nitrogen and oxygen atoms in total. The predicted molar refractivity (Wildman–Crippen MR) is 99.2 cm³/mol. The summed E-state index contributed by atoms with van der Waals surface area (Å²) >= 11 is 0. The SMILES string of the molecule is N/C(=C\N(N)CCC(F)Cn1cc(C=O)nn1)C(=O)NCc1cc(C(F)(F)F)ccn1. The molecule has 2 aromatic rings. The Labute approximate surface area is 173 Å². The number of rotatable bonds is 10. The lowest BCUT2D eigenvalue weighted by Crippen LogP contribution is -2.34. The van der Waals surface area contributed by atoms with Gasteiger partial charge in [0, 0.05) is 18.9 Å². The van der Waals surface area contributed by atoms with Gasteiger partial charge in [0.05, 0.1) is 30.5 Å². The van der Waals surface area contributed by atoms with Crippen LogP contribution in [0.15, 0.2) is 36.4 Å². The summed E-state index contributed by atoms with van der Waals surface area (Å²) in [5.74, 6) is 4.88. The molecule has 0 aliphatic carbocycles. The zero-order valence-electron chi connectivity index (χ0n) is 16.1. The molecule has 0 spiro atoms. The molecular weight excluding hydrogens is 424 g/mol. The summed E-state index contributed by atoms with van der Waals surface area (Å²) in [6.45, 7) is -0.424. The largest absolute Gasteiger partial charge is 0.416 e. The van der Waals surface area contributed by atoms with E-state index in [4.69, 9.17) is 11.6 Å². The van der Waals surface area contributed by atoms with Crippen LogP contribution < -0.4 is 16.9 Å². The van der Waals surface area contributed by atoms with Gasteiger partial charge >= 0.3 is 6.18 Å². The molecule has 1 unspecified atom stereocenters. The number of nitrogens with one attached hydrogen (secondary N) is 1. The smallest absolute Gasteiger partial charge is 0.393 e. The van der Waals surface area contributed by atoms with Crippen molar-refractivity contribution in [1.29, 1.82) is 0 Å². The zero-order chi connectivity index (χ0) is 23.0. The van der Waals surface area contributed by atoms with Gasteiger partial charge in [0.25, 0.3) is 5.91 Å². The lowest BCUT2D eigenvalue weighted by atomic mass is 10.2. The average Bonchev–Trinajstić information content (AvgIpc) is 3.17. The molecule has 0 aromatic carbocycles. The number of pyridine rings is 1. The average molecular weight is 444 g/mol. The van der Waals surface area contributed by atoms with Gasteiger partial charge in [-0.1, -0.05) is 5.21 Å². The quantitative estimate of drug-likeness (QED) is 0.158. The summed E-state index contributed by atoms with van der Waals surface area (Å²) in [6, 6.07) is 1.62. The van der Waals surface area contributed by atoms with Crippen molar-refractivity contribution in [2.24, 2.45) is 11.6 Å². The third-order valence-electron chi connectivity index (χ3n) is 3.90. The molecule has 0 saturated carbocycles. The molecule has 2 rings (SSSR count). The fourth-order valence-electron chi connectivity index (χ4n) is 2.37. The topological polar surface area (TPSA) is 145 Å². The molecule has 168 valence electrons. The highest BCUT2D eigenvalue weighted by molar-refractivity contribution is 5.92. The first kappa shape index (κ1) is 23.7. The van der Waals surface area contributed by atoms with E-state index in [1.54, 1.807) is 0 Å². The molecule has 0 aliphatic heterocycles. The number of nitrogens with two attached hydrogens (primary N) is 2. The van der Waals surface area contributed by atoms with Crippen LogP contribution in [0, 0.1) is 0 Å². The third-order valence-corrected chi connectivity index (χ3v) is 3.90. The van der Waals surface area contributed by atoms with E-state index in [1.165, 1.54) is 10.9 Å². The fraction of sp³-hybridized carbons (Fsp3) is 0.353. The van der Waals surface area contributed by atoms with Crippen LogP contribution in [0.1, 0.15) is 28.2 Å². The lowest BCUT2D eigenvalue weighted by molar-refractivity contribution is -0.137. The molecule has 1 atom stereocenters. The van der Waals surface area contributed by atoms with E-state index in [9.17, 15) is 27.2 Å². The van der Waals surface area contributed by atoms with E-state index in [0.717, 1.165) is 29.5 Å². The van der Waals surface area contributed by atoms with Crippen LogP contribution in [0.25, 0.3) is 0 Å². The maximum absolute atomic E-state index is 14.0. The zero-order valence-corrected chi connectivity index (χ0v) is 16.1. The van der Waals surface area contributed by atoms with Crippen LogP contribution in [0.5, 0.6) is 0 Å². The molecule has 2 aromatic heterocycles. The summed E-state index contributed by atoms with van der Waals surface area (Å²) < 4.78 is 53.3. The highest BCUT2D eigenvalue weighted by Crippen LogP contribution is 2.28. The van der Waals surface area contributed by atoms with E-state index < -0.39 is 23.8 Å². The number of carbonyl (C=O) groups excluding carboxylic acids is 2. The van der Waals surface area contributed by atoms with Gasteiger partial charge in [0.2, 0.25) is 0 Å². The number of nitrogens with zero attached hydrogens (tertiary/aromatic N) is 5. The van der Waals surface area contributed by atoms with E-state index in [-0.39, 0.29) is 43.1 Å². The Hall–Kier alpha value is -3.55. The van der Waals surface area contributed by atoms with Crippen molar-refractivity contribution in [2.45, 2.75) is 31.9 Å². The van der Waals surface area contributed by atoms with Gasteiger partial charge < -0.3 is 16.1 Å². The summed E-state index contributed by atoms with van der Waals surface area (Å²) in [6.07, 6.45) is -2.09. The van der Waals surface area contributed by atoms with Gasteiger partial charge in [0.15, 0.2) is 6.29 Å². The highest BCUT2D eigenvalue weighted by Gasteiger charge is 2.30. The van der Waals surface area contributed by atoms with Gasteiger partial charge in [-0.15, -0.1) is 5.10 Å². The number of carbonyl (C=O) groups is 2. The molecule has 0 fully saturated rings. The van der Waals surface area contributed by atoms with Gasteiger partial charge in [-0.3, -0.25) is 14.6 Å². The minimum atomic E-state index is -4.53. The Morgan fingerprint density at radius 1 is 1.39 bits per heavy atom. The molecule has 31 heavy (non-hydrogen) atoms. The Kier molecular flexibility index (Phi) is 8.01. The van der Waals surface area contributed by atoms with Gasteiger partial charge in [-0.2, -0.15) is 13.2 Å². The van der Waals surface area contributed by atoms with Crippen LogP contribution in [0.2, 0.25) is 0 Å². The Morgan fingerprint density at radius 2 is 2.13 bits per heavy atom. The molecule has 14 heteroatoms. The van der Waals surface area contributed by atoms with Crippen molar-refractivity contribution in [2.75, 3.05) is 6.54 Å². The van der Waals surface area contributed by atoms with Crippen LogP contribution in [0.3, 0.4) is 0 Å². The first-order valence-corrected chi connectivity index (χ1v) is 8.87. The first-order chi connectivity index (χ1) is 14.6.